The molecule has 0 amide bonds. The van der Waals surface area contributed by atoms with Crippen LogP contribution in [-0.2, 0) is 19.2 Å². The van der Waals surface area contributed by atoms with E-state index in [0.717, 1.165) is 0 Å². The Morgan fingerprint density at radius 1 is 0.600 bits per heavy atom. The first kappa shape index (κ1) is 11.5. The van der Waals surface area contributed by atoms with E-state index in [0.29, 0.717) is 25.1 Å². The Hall–Kier alpha value is -1.32. The van der Waals surface area contributed by atoms with Crippen molar-refractivity contribution >= 4 is 25.1 Å². The van der Waals surface area contributed by atoms with Crippen molar-refractivity contribution in [1.82, 2.24) is 0 Å². The van der Waals surface area contributed by atoms with E-state index < -0.39 is 0 Å². The zero-order chi connectivity index (χ0) is 8.24. The van der Waals surface area contributed by atoms with E-state index in [1.165, 1.54) is 0 Å². The van der Waals surface area contributed by atoms with Gasteiger partial charge in [0.1, 0.15) is 25.1 Å². The maximum Gasteiger partial charge on any atom is 0.127 e. The third-order valence-electron chi connectivity index (χ3n) is 0.385. The quantitative estimate of drug-likeness (QED) is 0.395. The van der Waals surface area contributed by atoms with Gasteiger partial charge in [-0.1, -0.05) is 0 Å². The average Bonchev–Trinajstić information content (AvgIpc) is 1.93. The van der Waals surface area contributed by atoms with Crippen LogP contribution < -0.4 is 0 Å². The number of hydrogen-bond donors (Lipinski definition) is 0. The molecule has 0 radical (unpaired) electrons. The highest BCUT2D eigenvalue weighted by Gasteiger charge is 1.65. The summed E-state index contributed by atoms with van der Waals surface area (Å²) in [6.45, 7) is 0. The molecule has 0 spiro atoms. The van der Waals surface area contributed by atoms with Crippen LogP contribution in [0.15, 0.2) is 0 Å². The van der Waals surface area contributed by atoms with E-state index in [1.807, 2.05) is 0 Å². The number of aldehydes is 4. The summed E-state index contributed by atoms with van der Waals surface area (Å²) in [5, 5.41) is 0. The van der Waals surface area contributed by atoms with Crippen LogP contribution in [0.4, 0.5) is 0 Å². The fourth-order valence-corrected chi connectivity index (χ4v) is 0.0786. The molecule has 4 nitrogen and oxygen atoms in total. The highest BCUT2D eigenvalue weighted by molar-refractivity contribution is 5.72. The van der Waals surface area contributed by atoms with Crippen LogP contribution in [0.2, 0.25) is 0 Å². The maximum atomic E-state index is 9.17. The van der Waals surface area contributed by atoms with Crippen LogP contribution in [0, 0.1) is 0 Å². The van der Waals surface area contributed by atoms with E-state index in [9.17, 15) is 19.2 Å². The minimum Gasteiger partial charge on any atom is -0.303 e. The predicted molar refractivity (Wildman–Crippen MR) is 33.5 cm³/mol. The summed E-state index contributed by atoms with van der Waals surface area (Å²) in [6, 6.07) is 0. The molecule has 4 heteroatoms. The Morgan fingerprint density at radius 2 is 0.800 bits per heavy atom. The SMILES string of the molecule is O=CCC=O.O=CCC=O. The van der Waals surface area contributed by atoms with Crippen molar-refractivity contribution in [1.29, 1.82) is 0 Å². The summed E-state index contributed by atoms with van der Waals surface area (Å²) in [7, 11) is 0. The molecule has 10 heavy (non-hydrogen) atoms. The van der Waals surface area contributed by atoms with Crippen LogP contribution in [0.3, 0.4) is 0 Å². The van der Waals surface area contributed by atoms with Gasteiger partial charge < -0.3 is 19.2 Å². The molecule has 0 saturated heterocycles. The van der Waals surface area contributed by atoms with Crippen molar-refractivity contribution in [3.63, 3.8) is 0 Å². The van der Waals surface area contributed by atoms with Crippen molar-refractivity contribution in [2.75, 3.05) is 0 Å². The van der Waals surface area contributed by atoms with Gasteiger partial charge >= 0.3 is 0 Å². The lowest BCUT2D eigenvalue weighted by molar-refractivity contribution is -0.115. The summed E-state index contributed by atoms with van der Waals surface area (Å²) in [6.07, 6.45) is 2.31. The van der Waals surface area contributed by atoms with Gasteiger partial charge in [0.05, 0.1) is 12.8 Å². The summed E-state index contributed by atoms with van der Waals surface area (Å²) in [4.78, 5) is 36.7. The maximum absolute atomic E-state index is 9.17. The topological polar surface area (TPSA) is 68.3 Å². The molecule has 0 aliphatic carbocycles. The third kappa shape index (κ3) is 30.0. The number of hydrogen-bond acceptors (Lipinski definition) is 4. The second-order valence-corrected chi connectivity index (χ2v) is 1.14. The van der Waals surface area contributed by atoms with E-state index in [4.69, 9.17) is 0 Å². The van der Waals surface area contributed by atoms with Gasteiger partial charge in [-0.25, -0.2) is 0 Å². The van der Waals surface area contributed by atoms with Gasteiger partial charge in [-0.3, -0.25) is 0 Å². The zero-order valence-electron chi connectivity index (χ0n) is 5.36. The first-order valence-electron chi connectivity index (χ1n) is 2.58. The lowest BCUT2D eigenvalue weighted by atomic mass is 10.6. The third-order valence-corrected chi connectivity index (χ3v) is 0.385. The Kier molecular flexibility index (Phi) is 18.0. The fourth-order valence-electron chi connectivity index (χ4n) is 0.0786. The van der Waals surface area contributed by atoms with Gasteiger partial charge in [-0.05, 0) is 0 Å². The number of carbonyl (C=O) groups is 4. The zero-order valence-corrected chi connectivity index (χ0v) is 5.36. The molecule has 0 fully saturated rings. The van der Waals surface area contributed by atoms with Crippen molar-refractivity contribution in [3.05, 3.63) is 0 Å². The molecular weight excluding hydrogens is 136 g/mol. The van der Waals surface area contributed by atoms with Gasteiger partial charge in [0, 0.05) is 0 Å². The van der Waals surface area contributed by atoms with Crippen LogP contribution in [-0.4, -0.2) is 25.1 Å². The molecule has 0 aromatic rings. The van der Waals surface area contributed by atoms with Crippen molar-refractivity contribution in [3.8, 4) is 0 Å². The average molecular weight is 144 g/mol. The fraction of sp³-hybridized carbons (Fsp3) is 0.333. The molecule has 0 atom stereocenters. The molecule has 0 aliphatic rings. The summed E-state index contributed by atoms with van der Waals surface area (Å²) in [5.74, 6) is 0. The largest absolute Gasteiger partial charge is 0.303 e. The molecule has 0 aromatic heterocycles. The first-order valence-corrected chi connectivity index (χ1v) is 2.58. The van der Waals surface area contributed by atoms with E-state index >= 15 is 0 Å². The molecule has 0 saturated carbocycles. The summed E-state index contributed by atoms with van der Waals surface area (Å²) >= 11 is 0. The van der Waals surface area contributed by atoms with E-state index in [1.54, 1.807) is 0 Å². The highest BCUT2D eigenvalue weighted by atomic mass is 16.1. The van der Waals surface area contributed by atoms with Gasteiger partial charge in [0.15, 0.2) is 0 Å². The van der Waals surface area contributed by atoms with Crippen LogP contribution >= 0.6 is 0 Å². The highest BCUT2D eigenvalue weighted by Crippen LogP contribution is 1.51. The minimum atomic E-state index is 0.0278. The number of carbonyl (C=O) groups excluding carboxylic acids is 4. The van der Waals surface area contributed by atoms with Crippen LogP contribution in [0.25, 0.3) is 0 Å². The lowest BCUT2D eigenvalue weighted by Crippen LogP contribution is -1.69. The van der Waals surface area contributed by atoms with Crippen molar-refractivity contribution < 1.29 is 19.2 Å². The minimum absolute atomic E-state index is 0.0278. The normalized spacial score (nSPS) is 6.40. The molecule has 0 aliphatic heterocycles. The second-order valence-electron chi connectivity index (χ2n) is 1.14. The smallest absolute Gasteiger partial charge is 0.127 e. The Morgan fingerprint density at radius 3 is 0.800 bits per heavy atom. The van der Waals surface area contributed by atoms with Crippen LogP contribution in [0.1, 0.15) is 12.8 Å². The Balaban J connectivity index is 0. The molecule has 0 N–H and O–H groups in total. The molecule has 0 bridgehead atoms. The molecule has 0 rings (SSSR count). The van der Waals surface area contributed by atoms with E-state index in [-0.39, 0.29) is 12.8 Å². The van der Waals surface area contributed by atoms with Crippen LogP contribution in [0.5, 0.6) is 0 Å². The monoisotopic (exact) mass is 144 g/mol. The number of rotatable bonds is 4. The van der Waals surface area contributed by atoms with Gasteiger partial charge in [-0.15, -0.1) is 0 Å². The Labute approximate surface area is 58.2 Å². The Bertz CT molecular complexity index is 82.3. The molecule has 56 valence electrons. The molecular formula is C6H8O4. The summed E-state index contributed by atoms with van der Waals surface area (Å²) < 4.78 is 0. The predicted octanol–water partition coefficient (Wildman–Crippen LogP) is -0.451. The van der Waals surface area contributed by atoms with Crippen molar-refractivity contribution in [2.24, 2.45) is 0 Å². The van der Waals surface area contributed by atoms with Gasteiger partial charge in [0.2, 0.25) is 0 Å². The molecule has 0 aromatic carbocycles. The van der Waals surface area contributed by atoms with Gasteiger partial charge in [-0.2, -0.15) is 0 Å². The van der Waals surface area contributed by atoms with Crippen molar-refractivity contribution in [2.45, 2.75) is 12.8 Å². The molecule has 0 unspecified atom stereocenters. The first-order chi connectivity index (χ1) is 4.83. The lowest BCUT2D eigenvalue weighted by Gasteiger charge is -1.53. The standard InChI is InChI=1S/2C3H4O2/c2*4-2-1-3-5/h2*2-3H,1H2. The van der Waals surface area contributed by atoms with E-state index in [2.05, 4.69) is 0 Å². The van der Waals surface area contributed by atoms with Gasteiger partial charge in [0.25, 0.3) is 0 Å². The molecule has 0 heterocycles. The summed E-state index contributed by atoms with van der Waals surface area (Å²) in [5.41, 5.74) is 0. The second kappa shape index (κ2) is 15.6.